The standard InChI is InChI=1S/C17H17N5O3S/c1-7-13(9(3)23)8(2)20-14(7)16(25)22-17-21-12(6-26-17)10-4-11(15(18)24)19-5-10/h4-6,19-20H,1-3H3,(H2,18,24)(H,21,22,25). The Hall–Kier alpha value is -3.20. The number of amides is 2. The van der Waals surface area contributed by atoms with Crippen molar-refractivity contribution in [3.8, 4) is 11.3 Å². The van der Waals surface area contributed by atoms with Gasteiger partial charge >= 0.3 is 0 Å². The van der Waals surface area contributed by atoms with Crippen molar-refractivity contribution in [2.75, 3.05) is 5.32 Å². The van der Waals surface area contributed by atoms with Crippen LogP contribution < -0.4 is 11.1 Å². The number of thiazole rings is 1. The number of aromatic amines is 2. The monoisotopic (exact) mass is 371 g/mol. The van der Waals surface area contributed by atoms with E-state index in [4.69, 9.17) is 5.73 Å². The Labute approximate surface area is 152 Å². The summed E-state index contributed by atoms with van der Waals surface area (Å²) in [6.45, 7) is 4.95. The van der Waals surface area contributed by atoms with Gasteiger partial charge in [0.2, 0.25) is 0 Å². The highest BCUT2D eigenvalue weighted by atomic mass is 32.1. The summed E-state index contributed by atoms with van der Waals surface area (Å²) in [4.78, 5) is 45.4. The van der Waals surface area contributed by atoms with Crippen LogP contribution in [0.15, 0.2) is 17.6 Å². The number of primary amides is 1. The lowest BCUT2D eigenvalue weighted by atomic mass is 10.1. The molecule has 26 heavy (non-hydrogen) atoms. The summed E-state index contributed by atoms with van der Waals surface area (Å²) in [5.74, 6) is -1.02. The molecule has 0 aliphatic rings. The molecule has 0 aliphatic carbocycles. The SMILES string of the molecule is CC(=O)c1c(C)[nH]c(C(=O)Nc2nc(-c3c[nH]c(C(N)=O)c3)cs2)c1C. The first kappa shape index (κ1) is 17.6. The largest absolute Gasteiger partial charge is 0.364 e. The molecule has 3 heterocycles. The first-order valence-corrected chi connectivity index (χ1v) is 8.61. The summed E-state index contributed by atoms with van der Waals surface area (Å²) in [6.07, 6.45) is 1.62. The minimum Gasteiger partial charge on any atom is -0.364 e. The molecular weight excluding hydrogens is 354 g/mol. The zero-order valence-corrected chi connectivity index (χ0v) is 15.2. The molecule has 3 rings (SSSR count). The van der Waals surface area contributed by atoms with E-state index in [0.717, 1.165) is 0 Å². The van der Waals surface area contributed by atoms with Gasteiger partial charge in [0, 0.05) is 28.4 Å². The molecule has 0 unspecified atom stereocenters. The Morgan fingerprint density at radius 2 is 2.00 bits per heavy atom. The highest BCUT2D eigenvalue weighted by molar-refractivity contribution is 7.14. The minimum atomic E-state index is -0.557. The number of carbonyl (C=O) groups is 3. The first-order valence-electron chi connectivity index (χ1n) is 7.73. The number of rotatable bonds is 5. The van der Waals surface area contributed by atoms with E-state index in [2.05, 4.69) is 20.3 Å². The van der Waals surface area contributed by atoms with Crippen molar-refractivity contribution in [1.82, 2.24) is 15.0 Å². The summed E-state index contributed by atoms with van der Waals surface area (Å²) in [6, 6.07) is 1.60. The molecule has 2 amide bonds. The molecule has 0 bridgehead atoms. The lowest BCUT2D eigenvalue weighted by Gasteiger charge is -2.01. The van der Waals surface area contributed by atoms with Crippen LogP contribution in [-0.4, -0.2) is 32.5 Å². The topological polar surface area (TPSA) is 134 Å². The third-order valence-corrected chi connectivity index (χ3v) is 4.74. The maximum atomic E-state index is 12.5. The third kappa shape index (κ3) is 3.16. The second-order valence-corrected chi connectivity index (χ2v) is 6.70. The summed E-state index contributed by atoms with van der Waals surface area (Å²) >= 11 is 1.25. The van der Waals surface area contributed by atoms with Crippen LogP contribution in [0.25, 0.3) is 11.3 Å². The van der Waals surface area contributed by atoms with Gasteiger partial charge in [0.05, 0.1) is 5.69 Å². The molecule has 0 atom stereocenters. The number of carbonyl (C=O) groups excluding carboxylic acids is 3. The number of nitrogens with zero attached hydrogens (tertiary/aromatic N) is 1. The molecule has 5 N–H and O–H groups in total. The molecule has 3 aromatic rings. The van der Waals surface area contributed by atoms with Crippen molar-refractivity contribution in [3.63, 3.8) is 0 Å². The van der Waals surface area contributed by atoms with E-state index in [0.29, 0.717) is 38.9 Å². The van der Waals surface area contributed by atoms with E-state index < -0.39 is 5.91 Å². The molecule has 9 heteroatoms. The van der Waals surface area contributed by atoms with Gasteiger partial charge in [-0.25, -0.2) is 4.98 Å². The van der Waals surface area contributed by atoms with Crippen LogP contribution in [-0.2, 0) is 0 Å². The predicted molar refractivity (Wildman–Crippen MR) is 98.6 cm³/mol. The van der Waals surface area contributed by atoms with Gasteiger partial charge in [0.1, 0.15) is 11.4 Å². The van der Waals surface area contributed by atoms with Crippen LogP contribution in [0, 0.1) is 13.8 Å². The number of nitrogens with two attached hydrogens (primary N) is 1. The number of nitrogens with one attached hydrogen (secondary N) is 3. The van der Waals surface area contributed by atoms with E-state index in [9.17, 15) is 14.4 Å². The van der Waals surface area contributed by atoms with Gasteiger partial charge in [-0.1, -0.05) is 0 Å². The predicted octanol–water partition coefficient (Wildman–Crippen LogP) is 2.64. The number of H-pyrrole nitrogens is 2. The highest BCUT2D eigenvalue weighted by Gasteiger charge is 2.20. The fourth-order valence-electron chi connectivity index (χ4n) is 2.81. The smallest absolute Gasteiger partial charge is 0.274 e. The van der Waals surface area contributed by atoms with Gasteiger partial charge < -0.3 is 15.7 Å². The fraction of sp³-hybridized carbons (Fsp3) is 0.176. The van der Waals surface area contributed by atoms with E-state index in [1.54, 1.807) is 31.5 Å². The van der Waals surface area contributed by atoms with E-state index in [-0.39, 0.29) is 17.4 Å². The van der Waals surface area contributed by atoms with E-state index in [1.165, 1.54) is 18.3 Å². The molecule has 0 spiro atoms. The zero-order chi connectivity index (χ0) is 19.0. The van der Waals surface area contributed by atoms with Crippen LogP contribution in [0.5, 0.6) is 0 Å². The average molecular weight is 371 g/mol. The van der Waals surface area contributed by atoms with Crippen LogP contribution in [0.3, 0.4) is 0 Å². The highest BCUT2D eigenvalue weighted by Crippen LogP contribution is 2.26. The lowest BCUT2D eigenvalue weighted by Crippen LogP contribution is -2.13. The number of aryl methyl sites for hydroxylation is 1. The fourth-order valence-corrected chi connectivity index (χ4v) is 3.53. The van der Waals surface area contributed by atoms with Gasteiger partial charge in [-0.3, -0.25) is 19.7 Å². The summed E-state index contributed by atoms with van der Waals surface area (Å²) < 4.78 is 0. The first-order chi connectivity index (χ1) is 12.3. The van der Waals surface area contributed by atoms with Gasteiger partial charge in [0.15, 0.2) is 10.9 Å². The second kappa shape index (κ2) is 6.60. The van der Waals surface area contributed by atoms with Gasteiger partial charge in [-0.05, 0) is 32.4 Å². The molecule has 3 aromatic heterocycles. The van der Waals surface area contributed by atoms with Crippen molar-refractivity contribution in [3.05, 3.63) is 45.9 Å². The summed E-state index contributed by atoms with van der Waals surface area (Å²) in [7, 11) is 0. The van der Waals surface area contributed by atoms with Crippen molar-refractivity contribution in [2.24, 2.45) is 5.73 Å². The molecule has 8 nitrogen and oxygen atoms in total. The maximum absolute atomic E-state index is 12.5. The van der Waals surface area contributed by atoms with Crippen molar-refractivity contribution in [1.29, 1.82) is 0 Å². The van der Waals surface area contributed by atoms with Crippen LogP contribution in [0.4, 0.5) is 5.13 Å². The van der Waals surface area contributed by atoms with Crippen LogP contribution in [0.2, 0.25) is 0 Å². The molecule has 0 aliphatic heterocycles. The molecule has 0 saturated carbocycles. The van der Waals surface area contributed by atoms with Gasteiger partial charge in [0.25, 0.3) is 11.8 Å². The molecule has 134 valence electrons. The molecular formula is C17H17N5O3S. The van der Waals surface area contributed by atoms with Crippen LogP contribution >= 0.6 is 11.3 Å². The Morgan fingerprint density at radius 1 is 1.27 bits per heavy atom. The Bertz CT molecular complexity index is 1030. The van der Waals surface area contributed by atoms with E-state index >= 15 is 0 Å². The molecule has 0 aromatic carbocycles. The number of hydrogen-bond donors (Lipinski definition) is 4. The lowest BCUT2D eigenvalue weighted by molar-refractivity contribution is 0.0991. The Balaban J connectivity index is 1.81. The number of Topliss-reactive ketones (excluding diaryl/α,β-unsaturated/α-hetero) is 1. The minimum absolute atomic E-state index is 0.0930. The second-order valence-electron chi connectivity index (χ2n) is 5.84. The zero-order valence-electron chi connectivity index (χ0n) is 14.4. The Morgan fingerprint density at radius 3 is 2.58 bits per heavy atom. The summed E-state index contributed by atoms with van der Waals surface area (Å²) in [5.41, 5.74) is 8.94. The maximum Gasteiger partial charge on any atom is 0.274 e. The van der Waals surface area contributed by atoms with Gasteiger partial charge in [-0.15, -0.1) is 11.3 Å². The number of ketones is 1. The normalized spacial score (nSPS) is 10.7. The Kier molecular flexibility index (Phi) is 4.47. The molecule has 0 fully saturated rings. The average Bonchev–Trinajstić information content (AvgIpc) is 3.25. The summed E-state index contributed by atoms with van der Waals surface area (Å²) in [5, 5.41) is 4.89. The molecule has 0 radical (unpaired) electrons. The van der Waals surface area contributed by atoms with Crippen LogP contribution in [0.1, 0.15) is 49.5 Å². The molecule has 0 saturated heterocycles. The number of hydrogen-bond acceptors (Lipinski definition) is 5. The number of anilines is 1. The third-order valence-electron chi connectivity index (χ3n) is 3.99. The number of aromatic nitrogens is 3. The van der Waals surface area contributed by atoms with Crippen molar-refractivity contribution < 1.29 is 14.4 Å². The van der Waals surface area contributed by atoms with Crippen molar-refractivity contribution in [2.45, 2.75) is 20.8 Å². The quantitative estimate of drug-likeness (QED) is 0.513. The van der Waals surface area contributed by atoms with E-state index in [1.807, 2.05) is 0 Å². The van der Waals surface area contributed by atoms with Gasteiger partial charge in [-0.2, -0.15) is 0 Å². The van der Waals surface area contributed by atoms with Crippen molar-refractivity contribution >= 4 is 34.1 Å².